The van der Waals surface area contributed by atoms with Crippen molar-refractivity contribution in [2.75, 3.05) is 13.7 Å². The van der Waals surface area contributed by atoms with Crippen molar-refractivity contribution in [3.05, 3.63) is 18.0 Å². The first-order chi connectivity index (χ1) is 10.0. The number of amides is 1. The molecular weight excluding hydrogens is 278 g/mol. The summed E-state index contributed by atoms with van der Waals surface area (Å²) < 4.78 is 5.71. The van der Waals surface area contributed by atoms with E-state index in [0.717, 1.165) is 19.3 Å². The largest absolute Gasteiger partial charge is 0.480 e. The monoisotopic (exact) mass is 297 g/mol. The lowest BCUT2D eigenvalue weighted by Crippen LogP contribution is -2.24. The van der Waals surface area contributed by atoms with Gasteiger partial charge in [-0.25, -0.2) is 0 Å². The highest BCUT2D eigenvalue weighted by atomic mass is 16.5. The lowest BCUT2D eigenvalue weighted by molar-refractivity contribution is -0.141. The van der Waals surface area contributed by atoms with Crippen LogP contribution in [-0.4, -0.2) is 46.4 Å². The number of nitrogens with zero attached hydrogens (tertiary/aromatic N) is 2. The molecule has 8 nitrogen and oxygen atoms in total. The molecule has 0 aliphatic rings. The van der Waals surface area contributed by atoms with Crippen LogP contribution in [-0.2, 0) is 20.9 Å². The topological polar surface area (TPSA) is 111 Å². The van der Waals surface area contributed by atoms with E-state index in [1.165, 1.54) is 24.2 Å². The second-order valence-corrected chi connectivity index (χ2v) is 4.46. The van der Waals surface area contributed by atoms with Crippen LogP contribution in [0.1, 0.15) is 36.0 Å². The van der Waals surface area contributed by atoms with Gasteiger partial charge in [0.2, 0.25) is 0 Å². The summed E-state index contributed by atoms with van der Waals surface area (Å²) in [4.78, 5) is 33.1. The van der Waals surface area contributed by atoms with Gasteiger partial charge in [0.1, 0.15) is 6.54 Å². The predicted molar refractivity (Wildman–Crippen MR) is 72.7 cm³/mol. The van der Waals surface area contributed by atoms with Gasteiger partial charge in [0.15, 0.2) is 0 Å². The Morgan fingerprint density at radius 1 is 1.33 bits per heavy atom. The van der Waals surface area contributed by atoms with Crippen molar-refractivity contribution >= 4 is 17.8 Å². The van der Waals surface area contributed by atoms with Crippen LogP contribution in [0.4, 0.5) is 0 Å². The Morgan fingerprint density at radius 3 is 2.76 bits per heavy atom. The molecule has 2 N–H and O–H groups in total. The van der Waals surface area contributed by atoms with Crippen molar-refractivity contribution in [1.82, 2.24) is 15.1 Å². The van der Waals surface area contributed by atoms with Crippen molar-refractivity contribution in [3.63, 3.8) is 0 Å². The van der Waals surface area contributed by atoms with Gasteiger partial charge < -0.3 is 15.2 Å². The van der Waals surface area contributed by atoms with Crippen LogP contribution in [0.25, 0.3) is 0 Å². The summed E-state index contributed by atoms with van der Waals surface area (Å²) >= 11 is 0. The summed E-state index contributed by atoms with van der Waals surface area (Å²) in [5, 5.41) is 15.1. The molecule has 0 atom stereocenters. The third-order valence-corrected chi connectivity index (χ3v) is 2.76. The van der Waals surface area contributed by atoms with E-state index >= 15 is 0 Å². The summed E-state index contributed by atoms with van der Waals surface area (Å²) in [6, 6.07) is 0. The molecule has 0 aliphatic heterocycles. The first kappa shape index (κ1) is 16.7. The number of aliphatic carboxylic acids is 1. The molecule has 0 bridgehead atoms. The zero-order valence-electron chi connectivity index (χ0n) is 11.9. The Hall–Kier alpha value is -2.38. The smallest absolute Gasteiger partial charge is 0.325 e. The van der Waals surface area contributed by atoms with E-state index in [1.54, 1.807) is 0 Å². The fraction of sp³-hybridized carbons (Fsp3) is 0.538. The maximum absolute atomic E-state index is 11.7. The normalized spacial score (nSPS) is 10.1. The van der Waals surface area contributed by atoms with Crippen LogP contribution in [0, 0.1) is 0 Å². The lowest BCUT2D eigenvalue weighted by atomic mass is 10.2. The lowest BCUT2D eigenvalue weighted by Gasteiger charge is -2.03. The second-order valence-electron chi connectivity index (χ2n) is 4.46. The molecule has 0 aromatic carbocycles. The molecule has 0 radical (unpaired) electrons. The molecule has 0 fully saturated rings. The van der Waals surface area contributed by atoms with Gasteiger partial charge in [-0.1, -0.05) is 6.42 Å². The quantitative estimate of drug-likeness (QED) is 0.505. The van der Waals surface area contributed by atoms with E-state index < -0.39 is 5.97 Å². The van der Waals surface area contributed by atoms with Gasteiger partial charge >= 0.3 is 11.9 Å². The summed E-state index contributed by atoms with van der Waals surface area (Å²) in [6.07, 6.45) is 5.39. The Balaban J connectivity index is 2.20. The number of nitrogens with one attached hydrogen (secondary N) is 1. The van der Waals surface area contributed by atoms with Crippen molar-refractivity contribution in [2.24, 2.45) is 0 Å². The van der Waals surface area contributed by atoms with Crippen LogP contribution in [0.3, 0.4) is 0 Å². The molecular formula is C13H19N3O5. The first-order valence-corrected chi connectivity index (χ1v) is 6.62. The number of carboxylic acids is 1. The number of hydrogen-bond donors (Lipinski definition) is 2. The first-order valence-electron chi connectivity index (χ1n) is 6.62. The van der Waals surface area contributed by atoms with Crippen LogP contribution in [0.2, 0.25) is 0 Å². The molecule has 8 heteroatoms. The third kappa shape index (κ3) is 6.55. The van der Waals surface area contributed by atoms with Gasteiger partial charge in [0.05, 0.1) is 18.9 Å². The average Bonchev–Trinajstić information content (AvgIpc) is 2.89. The van der Waals surface area contributed by atoms with Gasteiger partial charge in [0, 0.05) is 19.2 Å². The highest BCUT2D eigenvalue weighted by Crippen LogP contribution is 2.01. The van der Waals surface area contributed by atoms with Crippen LogP contribution in [0.5, 0.6) is 0 Å². The van der Waals surface area contributed by atoms with Crippen LogP contribution < -0.4 is 5.32 Å². The summed E-state index contributed by atoms with van der Waals surface area (Å²) in [6.45, 7) is 0.213. The van der Waals surface area contributed by atoms with E-state index in [9.17, 15) is 14.4 Å². The van der Waals surface area contributed by atoms with Crippen molar-refractivity contribution < 1.29 is 24.2 Å². The minimum Gasteiger partial charge on any atom is -0.480 e. The highest BCUT2D eigenvalue weighted by Gasteiger charge is 2.09. The number of ether oxygens (including phenoxy) is 1. The van der Waals surface area contributed by atoms with Gasteiger partial charge in [0.25, 0.3) is 5.91 Å². The SMILES string of the molecule is COC(=O)CCCCCNC(=O)c1cnn(CC(=O)O)c1. The Bertz CT molecular complexity index is 498. The van der Waals surface area contributed by atoms with E-state index in [0.29, 0.717) is 18.5 Å². The number of hydrogen-bond acceptors (Lipinski definition) is 5. The molecule has 21 heavy (non-hydrogen) atoms. The number of carboxylic acid groups (broad SMARTS) is 1. The number of aromatic nitrogens is 2. The predicted octanol–water partition coefficient (Wildman–Crippen LogP) is 0.431. The van der Waals surface area contributed by atoms with Gasteiger partial charge in [-0.3, -0.25) is 19.1 Å². The van der Waals surface area contributed by atoms with Gasteiger partial charge in [-0.05, 0) is 12.8 Å². The van der Waals surface area contributed by atoms with Crippen LogP contribution in [0.15, 0.2) is 12.4 Å². The minimum atomic E-state index is -1.02. The van der Waals surface area contributed by atoms with Crippen molar-refractivity contribution in [1.29, 1.82) is 0 Å². The number of carbonyl (C=O) groups is 3. The van der Waals surface area contributed by atoms with Crippen LogP contribution >= 0.6 is 0 Å². The van der Waals surface area contributed by atoms with Crippen molar-refractivity contribution in [2.45, 2.75) is 32.2 Å². The average molecular weight is 297 g/mol. The Morgan fingerprint density at radius 2 is 2.10 bits per heavy atom. The van der Waals surface area contributed by atoms with E-state index in [4.69, 9.17) is 5.11 Å². The number of methoxy groups -OCH3 is 1. The maximum atomic E-state index is 11.7. The molecule has 0 spiro atoms. The van der Waals surface area contributed by atoms with E-state index in [-0.39, 0.29) is 18.4 Å². The molecule has 1 rings (SSSR count). The fourth-order valence-electron chi connectivity index (χ4n) is 1.68. The molecule has 1 aromatic rings. The molecule has 0 unspecified atom stereocenters. The number of carbonyl (C=O) groups excluding carboxylic acids is 2. The maximum Gasteiger partial charge on any atom is 0.325 e. The summed E-state index contributed by atoms with van der Waals surface area (Å²) in [5.74, 6) is -1.54. The zero-order valence-corrected chi connectivity index (χ0v) is 11.9. The van der Waals surface area contributed by atoms with Gasteiger partial charge in [-0.2, -0.15) is 5.10 Å². The molecule has 1 heterocycles. The molecule has 0 saturated carbocycles. The van der Waals surface area contributed by atoms with Crippen molar-refractivity contribution in [3.8, 4) is 0 Å². The van der Waals surface area contributed by atoms with E-state index in [2.05, 4.69) is 15.2 Å². The van der Waals surface area contributed by atoms with E-state index in [1.807, 2.05) is 0 Å². The highest BCUT2D eigenvalue weighted by molar-refractivity contribution is 5.93. The minimum absolute atomic E-state index is 0.232. The Labute approximate surface area is 122 Å². The van der Waals surface area contributed by atoms with Gasteiger partial charge in [-0.15, -0.1) is 0 Å². The zero-order chi connectivity index (χ0) is 15.7. The number of unbranched alkanes of at least 4 members (excludes halogenated alkanes) is 2. The second kappa shape index (κ2) is 8.72. The summed E-state index contributed by atoms with van der Waals surface area (Å²) in [5.41, 5.74) is 0.325. The number of rotatable bonds is 9. The fourth-order valence-corrected chi connectivity index (χ4v) is 1.68. The number of esters is 1. The molecule has 1 amide bonds. The summed E-state index contributed by atoms with van der Waals surface area (Å²) in [7, 11) is 1.35. The molecule has 1 aromatic heterocycles. The molecule has 116 valence electrons. The molecule has 0 saturated heterocycles. The molecule has 0 aliphatic carbocycles. The third-order valence-electron chi connectivity index (χ3n) is 2.76. The standard InChI is InChI=1S/C13H19N3O5/c1-21-12(19)5-3-2-4-6-14-13(20)10-7-15-16(8-10)9-11(17)18/h7-8H,2-6,9H2,1H3,(H,14,20)(H,17,18). The Kier molecular flexibility index (Phi) is 6.93.